The Bertz CT molecular complexity index is 893. The lowest BCUT2D eigenvalue weighted by Crippen LogP contribution is -3.20. The number of rotatable bonds is 5. The summed E-state index contributed by atoms with van der Waals surface area (Å²) >= 11 is 0. The molecule has 4 nitrogen and oxygen atoms in total. The molecule has 132 valence electrons. The van der Waals surface area contributed by atoms with Crippen LogP contribution in [0.15, 0.2) is 60.0 Å². The van der Waals surface area contributed by atoms with Crippen LogP contribution in [0.5, 0.6) is 0 Å². The fourth-order valence-corrected chi connectivity index (χ4v) is 5.60. The first kappa shape index (κ1) is 16.8. The molecule has 0 spiro atoms. The van der Waals surface area contributed by atoms with E-state index in [9.17, 15) is 8.42 Å². The van der Waals surface area contributed by atoms with Gasteiger partial charge in [0, 0.05) is 18.8 Å². The van der Waals surface area contributed by atoms with Gasteiger partial charge in [-0.3, -0.25) is 0 Å². The molecule has 0 aliphatic carbocycles. The van der Waals surface area contributed by atoms with Gasteiger partial charge in [-0.2, -0.15) is 0 Å². The summed E-state index contributed by atoms with van der Waals surface area (Å²) in [5.41, 5.74) is 0. The highest BCUT2D eigenvalue weighted by Gasteiger charge is 2.42. The number of benzene rings is 2. The van der Waals surface area contributed by atoms with Gasteiger partial charge in [0.1, 0.15) is 6.04 Å². The van der Waals surface area contributed by atoms with E-state index in [0.29, 0.717) is 29.3 Å². The van der Waals surface area contributed by atoms with E-state index in [-0.39, 0.29) is 0 Å². The van der Waals surface area contributed by atoms with Crippen molar-refractivity contribution in [1.29, 1.82) is 0 Å². The maximum absolute atomic E-state index is 12.7. The molecule has 0 radical (unpaired) electrons. The van der Waals surface area contributed by atoms with Crippen LogP contribution in [0.2, 0.25) is 0 Å². The van der Waals surface area contributed by atoms with Crippen LogP contribution in [0.4, 0.5) is 0 Å². The molecular weight excluding hydrogens is 332 g/mol. The minimum Gasteiger partial charge on any atom is -0.331 e. The van der Waals surface area contributed by atoms with E-state index in [1.54, 1.807) is 12.1 Å². The van der Waals surface area contributed by atoms with Crippen LogP contribution in [-0.2, 0) is 10.0 Å². The molecule has 2 N–H and O–H groups in total. The van der Waals surface area contributed by atoms with Gasteiger partial charge >= 0.3 is 0 Å². The van der Waals surface area contributed by atoms with Crippen molar-refractivity contribution in [2.24, 2.45) is 11.8 Å². The second kappa shape index (κ2) is 6.56. The first-order chi connectivity index (χ1) is 12.1. The highest BCUT2D eigenvalue weighted by Crippen LogP contribution is 2.27. The Morgan fingerprint density at radius 2 is 2.00 bits per heavy atom. The summed E-state index contributed by atoms with van der Waals surface area (Å²) in [5, 5.41) is 2.00. The molecule has 2 aromatic rings. The molecule has 4 atom stereocenters. The van der Waals surface area contributed by atoms with Crippen LogP contribution in [0.1, 0.15) is 12.8 Å². The molecule has 3 saturated heterocycles. The van der Waals surface area contributed by atoms with Crippen molar-refractivity contribution >= 4 is 20.8 Å². The van der Waals surface area contributed by atoms with E-state index in [1.165, 1.54) is 11.3 Å². The van der Waals surface area contributed by atoms with E-state index in [1.807, 2.05) is 30.3 Å². The van der Waals surface area contributed by atoms with E-state index in [0.717, 1.165) is 30.3 Å². The first-order valence-corrected chi connectivity index (χ1v) is 10.5. The zero-order chi connectivity index (χ0) is 17.4. The SMILES string of the molecule is C=C[C@H]1C[NH+]2CC[C@H]1C[C@@H]2CNS(=O)(=O)c1ccc2ccccc2c1. The van der Waals surface area contributed by atoms with Gasteiger partial charge in [-0.1, -0.05) is 36.4 Å². The van der Waals surface area contributed by atoms with Gasteiger partial charge in [-0.05, 0) is 28.8 Å². The van der Waals surface area contributed by atoms with Gasteiger partial charge in [0.05, 0.1) is 24.5 Å². The standard InChI is InChI=1S/C20H24N2O2S/c1-2-15-14-22-10-9-18(15)11-19(22)13-21-25(23,24)20-8-7-16-5-3-4-6-17(16)12-20/h2-8,12,15,18-19,21H,1,9-11,13-14H2/p+1/t15-,18-,19+/m0/s1. The molecule has 5 rings (SSSR count). The maximum atomic E-state index is 12.7. The van der Waals surface area contributed by atoms with Gasteiger partial charge in [-0.15, -0.1) is 6.58 Å². The van der Waals surface area contributed by atoms with E-state index in [4.69, 9.17) is 0 Å². The van der Waals surface area contributed by atoms with Crippen LogP contribution in [0.25, 0.3) is 10.8 Å². The van der Waals surface area contributed by atoms with Crippen molar-refractivity contribution in [3.8, 4) is 0 Å². The summed E-state index contributed by atoms with van der Waals surface area (Å²) in [5.74, 6) is 1.27. The molecule has 3 aliphatic heterocycles. The Morgan fingerprint density at radius 3 is 2.72 bits per heavy atom. The number of quaternary nitrogens is 1. The number of fused-ring (bicyclic) bond motifs is 4. The molecule has 0 aromatic heterocycles. The zero-order valence-electron chi connectivity index (χ0n) is 14.3. The lowest BCUT2D eigenvalue weighted by atomic mass is 9.76. The highest BCUT2D eigenvalue weighted by molar-refractivity contribution is 7.89. The Balaban J connectivity index is 1.47. The fraction of sp³-hybridized carbons (Fsp3) is 0.400. The predicted molar refractivity (Wildman–Crippen MR) is 100 cm³/mol. The predicted octanol–water partition coefficient (Wildman–Crippen LogP) is 1.60. The normalized spacial score (nSPS) is 29.0. The minimum atomic E-state index is -3.47. The molecule has 3 aliphatic rings. The monoisotopic (exact) mass is 357 g/mol. The minimum absolute atomic E-state index is 0.348. The molecular formula is C20H25N2O2S+. The summed E-state index contributed by atoms with van der Waals surface area (Å²) in [4.78, 5) is 1.87. The molecule has 25 heavy (non-hydrogen) atoms. The summed E-state index contributed by atoms with van der Waals surface area (Å²) in [6, 6.07) is 13.5. The highest BCUT2D eigenvalue weighted by atomic mass is 32.2. The van der Waals surface area contributed by atoms with Gasteiger partial charge in [0.2, 0.25) is 10.0 Å². The molecule has 5 heteroatoms. The molecule has 3 heterocycles. The van der Waals surface area contributed by atoms with Gasteiger partial charge in [-0.25, -0.2) is 13.1 Å². The van der Waals surface area contributed by atoms with Gasteiger partial charge < -0.3 is 4.90 Å². The first-order valence-electron chi connectivity index (χ1n) is 9.02. The Labute approximate surface area is 149 Å². The van der Waals surface area contributed by atoms with E-state index < -0.39 is 10.0 Å². The van der Waals surface area contributed by atoms with Crippen molar-refractivity contribution in [2.75, 3.05) is 19.6 Å². The van der Waals surface area contributed by atoms with Crippen molar-refractivity contribution < 1.29 is 13.3 Å². The Hall–Kier alpha value is -1.69. The second-order valence-corrected chi connectivity index (χ2v) is 9.12. The topological polar surface area (TPSA) is 50.6 Å². The molecule has 0 saturated carbocycles. The van der Waals surface area contributed by atoms with Gasteiger partial charge in [0.15, 0.2) is 0 Å². The van der Waals surface area contributed by atoms with Crippen LogP contribution in [-0.4, -0.2) is 34.1 Å². The summed E-state index contributed by atoms with van der Waals surface area (Å²) in [6.45, 7) is 6.72. The third kappa shape index (κ3) is 3.24. The molecule has 1 unspecified atom stereocenters. The summed E-state index contributed by atoms with van der Waals surface area (Å²) in [7, 11) is -3.47. The Kier molecular flexibility index (Phi) is 4.40. The quantitative estimate of drug-likeness (QED) is 0.799. The smallest absolute Gasteiger partial charge is 0.240 e. The second-order valence-electron chi connectivity index (χ2n) is 7.35. The van der Waals surface area contributed by atoms with Crippen molar-refractivity contribution in [2.45, 2.75) is 23.8 Å². The lowest BCUT2D eigenvalue weighted by Gasteiger charge is -2.46. The number of piperidine rings is 3. The molecule has 2 aromatic carbocycles. The number of hydrogen-bond donors (Lipinski definition) is 2. The zero-order valence-corrected chi connectivity index (χ0v) is 15.1. The molecule has 2 bridgehead atoms. The summed E-state index contributed by atoms with van der Waals surface area (Å²) < 4.78 is 28.3. The van der Waals surface area contributed by atoms with E-state index >= 15 is 0 Å². The van der Waals surface area contributed by atoms with Crippen molar-refractivity contribution in [3.05, 3.63) is 55.1 Å². The number of hydrogen-bond acceptors (Lipinski definition) is 2. The lowest BCUT2D eigenvalue weighted by molar-refractivity contribution is -0.944. The van der Waals surface area contributed by atoms with Crippen LogP contribution in [0.3, 0.4) is 0 Å². The molecule has 3 fully saturated rings. The number of nitrogens with one attached hydrogen (secondary N) is 2. The Morgan fingerprint density at radius 1 is 1.20 bits per heavy atom. The average molecular weight is 357 g/mol. The van der Waals surface area contributed by atoms with Crippen molar-refractivity contribution in [3.63, 3.8) is 0 Å². The summed E-state index contributed by atoms with van der Waals surface area (Å²) in [6.07, 6.45) is 4.41. The van der Waals surface area contributed by atoms with Crippen LogP contribution < -0.4 is 9.62 Å². The maximum Gasteiger partial charge on any atom is 0.240 e. The largest absolute Gasteiger partial charge is 0.331 e. The van der Waals surface area contributed by atoms with Gasteiger partial charge in [0.25, 0.3) is 0 Å². The van der Waals surface area contributed by atoms with E-state index in [2.05, 4.69) is 17.4 Å². The average Bonchev–Trinajstić information content (AvgIpc) is 2.66. The molecule has 0 amide bonds. The number of sulfonamides is 1. The third-order valence-corrected chi connectivity index (χ3v) is 7.38. The van der Waals surface area contributed by atoms with Crippen molar-refractivity contribution in [1.82, 2.24) is 4.72 Å². The fourth-order valence-electron chi connectivity index (χ4n) is 4.48. The van der Waals surface area contributed by atoms with Crippen LogP contribution >= 0.6 is 0 Å². The van der Waals surface area contributed by atoms with Crippen LogP contribution in [0, 0.1) is 11.8 Å². The third-order valence-electron chi connectivity index (χ3n) is 5.96.